The number of nitrogens with one attached hydrogen (secondary N) is 3. The Morgan fingerprint density at radius 1 is 0.984 bits per heavy atom. The van der Waals surface area contributed by atoms with Gasteiger partial charge in [0.25, 0.3) is 5.56 Å². The summed E-state index contributed by atoms with van der Waals surface area (Å²) in [5.74, 6) is -2.16. The average molecular weight is 857 g/mol. The van der Waals surface area contributed by atoms with Gasteiger partial charge in [0.1, 0.15) is 16.9 Å². The van der Waals surface area contributed by atoms with Gasteiger partial charge in [0.05, 0.1) is 40.6 Å². The third-order valence-electron chi connectivity index (χ3n) is 13.0. The zero-order valence-corrected chi connectivity index (χ0v) is 34.7. The van der Waals surface area contributed by atoms with Gasteiger partial charge in [-0.2, -0.15) is 10.1 Å². The van der Waals surface area contributed by atoms with E-state index in [0.29, 0.717) is 70.7 Å². The molecule has 10 rings (SSSR count). The van der Waals surface area contributed by atoms with Crippen LogP contribution < -0.4 is 35.9 Å². The highest BCUT2D eigenvalue weighted by atomic mass is 35.5. The number of carbonyl (C=O) groups is 2. The van der Waals surface area contributed by atoms with Gasteiger partial charge in [0.15, 0.2) is 12.4 Å². The molecule has 320 valence electrons. The molecule has 0 spiro atoms. The van der Waals surface area contributed by atoms with Crippen molar-refractivity contribution in [1.29, 1.82) is 0 Å². The van der Waals surface area contributed by atoms with Crippen LogP contribution in [0.25, 0.3) is 21.8 Å². The number of alkyl halides is 2. The summed E-state index contributed by atoms with van der Waals surface area (Å²) >= 11 is 6.62. The molecule has 3 atom stereocenters. The molecule has 2 amide bonds. The van der Waals surface area contributed by atoms with E-state index in [1.807, 2.05) is 25.2 Å². The average Bonchev–Trinajstić information content (AvgIpc) is 3.93. The Morgan fingerprint density at radius 3 is 2.59 bits per heavy atom. The minimum absolute atomic E-state index is 0.0622. The Morgan fingerprint density at radius 2 is 1.80 bits per heavy atom. The lowest BCUT2D eigenvalue weighted by Crippen LogP contribution is -2.44. The second kappa shape index (κ2) is 15.4. The Kier molecular flexibility index (Phi) is 10.0. The first-order valence-electron chi connectivity index (χ1n) is 21.1. The van der Waals surface area contributed by atoms with Crippen molar-refractivity contribution in [2.45, 2.75) is 68.9 Å². The Balaban J connectivity index is 0.762. The van der Waals surface area contributed by atoms with E-state index in [1.165, 1.54) is 4.57 Å². The van der Waals surface area contributed by atoms with Crippen LogP contribution in [-0.4, -0.2) is 98.4 Å². The van der Waals surface area contributed by atoms with Crippen LogP contribution in [-0.2, 0) is 23.7 Å². The van der Waals surface area contributed by atoms with Crippen molar-refractivity contribution in [3.63, 3.8) is 0 Å². The van der Waals surface area contributed by atoms with Crippen molar-refractivity contribution in [2.75, 3.05) is 54.9 Å². The molecule has 3 saturated heterocycles. The number of nitrogens with zero attached hydrogens (tertiary/aromatic N) is 7. The molecular weight excluding hydrogens is 810 g/mol. The predicted molar refractivity (Wildman–Crippen MR) is 226 cm³/mol. The maximum absolute atomic E-state index is 15.2. The molecule has 61 heavy (non-hydrogen) atoms. The number of anilines is 4. The summed E-state index contributed by atoms with van der Waals surface area (Å²) in [6.07, 6.45) is 6.69. The van der Waals surface area contributed by atoms with Crippen LogP contribution in [0.1, 0.15) is 56.6 Å². The number of rotatable bonds is 9. The molecule has 5 aliphatic rings. The third-order valence-corrected chi connectivity index (χ3v) is 13.2. The molecule has 18 heteroatoms. The minimum atomic E-state index is -3.13. The van der Waals surface area contributed by atoms with Gasteiger partial charge < -0.3 is 29.6 Å². The van der Waals surface area contributed by atoms with Crippen LogP contribution in [0.5, 0.6) is 11.5 Å². The lowest BCUT2D eigenvalue weighted by atomic mass is 9.93. The summed E-state index contributed by atoms with van der Waals surface area (Å²) in [4.78, 5) is 51.5. The first-order chi connectivity index (χ1) is 29.4. The number of likely N-dealkylation sites (tertiary alicyclic amines) is 1. The van der Waals surface area contributed by atoms with Crippen LogP contribution >= 0.6 is 11.6 Å². The fraction of sp³-hybridized carbons (Fsp3) is 0.488. The highest BCUT2D eigenvalue weighted by Gasteiger charge is 2.51. The molecule has 7 heterocycles. The SMILES string of the molecule is Cn1nc(C2CCC(=O)NC2=O)c2ccc(OC3CCN(CC4CCN(c5ncc(Cl)c(Nc6ccc7c(c6)c6c(c(=O)n7C)OCC(F)(F)[C@H](C7CC7)N6)n5)CC4)C3)cc21. The monoisotopic (exact) mass is 856 g/mol. The topological polar surface area (TPSA) is 161 Å². The van der Waals surface area contributed by atoms with Crippen molar-refractivity contribution >= 4 is 68.4 Å². The summed E-state index contributed by atoms with van der Waals surface area (Å²) in [6, 6.07) is 10.1. The van der Waals surface area contributed by atoms with Gasteiger partial charge in [0, 0.05) is 75.8 Å². The summed E-state index contributed by atoms with van der Waals surface area (Å²) in [7, 11) is 3.46. The molecule has 5 aromatic rings. The first kappa shape index (κ1) is 39.6. The number of amides is 2. The molecule has 3 aromatic heterocycles. The third kappa shape index (κ3) is 7.59. The number of aromatic nitrogens is 5. The lowest BCUT2D eigenvalue weighted by molar-refractivity contribution is -0.134. The Bertz CT molecular complexity index is 2630. The number of imide groups is 1. The van der Waals surface area contributed by atoms with E-state index in [1.54, 1.807) is 36.1 Å². The largest absolute Gasteiger partial charge is 0.489 e. The maximum Gasteiger partial charge on any atom is 0.301 e. The summed E-state index contributed by atoms with van der Waals surface area (Å²) in [5, 5.41) is 15.2. The number of halogens is 3. The number of benzene rings is 2. The highest BCUT2D eigenvalue weighted by molar-refractivity contribution is 6.33. The van der Waals surface area contributed by atoms with E-state index in [-0.39, 0.29) is 35.3 Å². The van der Waals surface area contributed by atoms with Crippen LogP contribution in [0, 0.1) is 11.8 Å². The van der Waals surface area contributed by atoms with Crippen molar-refractivity contribution in [1.82, 2.24) is 34.5 Å². The lowest BCUT2D eigenvalue weighted by Gasteiger charge is -2.34. The molecule has 15 nitrogen and oxygen atoms in total. The van der Waals surface area contributed by atoms with Gasteiger partial charge in [-0.05, 0) is 80.7 Å². The van der Waals surface area contributed by atoms with Gasteiger partial charge in [-0.3, -0.25) is 29.3 Å². The minimum Gasteiger partial charge on any atom is -0.489 e. The number of piperidine rings is 2. The number of hydrogen-bond acceptors (Lipinski definition) is 12. The van der Waals surface area contributed by atoms with Gasteiger partial charge in [-0.1, -0.05) is 11.6 Å². The van der Waals surface area contributed by atoms with Crippen molar-refractivity contribution in [2.24, 2.45) is 25.9 Å². The van der Waals surface area contributed by atoms with Crippen LogP contribution in [0.4, 0.5) is 31.9 Å². The van der Waals surface area contributed by atoms with E-state index >= 15 is 8.78 Å². The van der Waals surface area contributed by atoms with Gasteiger partial charge >= 0.3 is 5.92 Å². The molecule has 0 bridgehead atoms. The number of carbonyl (C=O) groups excluding carboxylic acids is 2. The fourth-order valence-electron chi connectivity index (χ4n) is 9.50. The molecule has 2 unspecified atom stereocenters. The number of hydrogen-bond donors (Lipinski definition) is 3. The second-order valence-electron chi connectivity index (χ2n) is 17.2. The summed E-state index contributed by atoms with van der Waals surface area (Å²) in [6.45, 7) is 3.50. The van der Waals surface area contributed by atoms with E-state index in [9.17, 15) is 14.4 Å². The quantitative estimate of drug-likeness (QED) is 0.155. The molecule has 1 aliphatic carbocycles. The van der Waals surface area contributed by atoms with E-state index in [2.05, 4.69) is 35.8 Å². The van der Waals surface area contributed by atoms with Crippen LogP contribution in [0.2, 0.25) is 5.02 Å². The van der Waals surface area contributed by atoms with Gasteiger partial charge in [0.2, 0.25) is 23.5 Å². The zero-order chi connectivity index (χ0) is 42.2. The molecule has 2 aromatic carbocycles. The second-order valence-corrected chi connectivity index (χ2v) is 17.6. The number of pyridine rings is 1. The van der Waals surface area contributed by atoms with Crippen LogP contribution in [0.3, 0.4) is 0 Å². The van der Waals surface area contributed by atoms with Gasteiger partial charge in [-0.25, -0.2) is 13.8 Å². The van der Waals surface area contributed by atoms with Crippen molar-refractivity contribution in [3.05, 3.63) is 63.7 Å². The number of ether oxygens (including phenoxy) is 2. The molecular formula is C43H47ClF2N10O5. The maximum atomic E-state index is 15.2. The number of aryl methyl sites for hydroxylation is 2. The van der Waals surface area contributed by atoms with Crippen molar-refractivity contribution < 1.29 is 27.8 Å². The van der Waals surface area contributed by atoms with Crippen LogP contribution in [0.15, 0.2) is 47.4 Å². The fourth-order valence-corrected chi connectivity index (χ4v) is 9.64. The van der Waals surface area contributed by atoms with Gasteiger partial charge in [-0.15, -0.1) is 0 Å². The normalized spacial score (nSPS) is 23.4. The molecule has 0 radical (unpaired) electrons. The van der Waals surface area contributed by atoms with E-state index in [4.69, 9.17) is 26.1 Å². The van der Waals surface area contributed by atoms with Crippen molar-refractivity contribution in [3.8, 4) is 11.5 Å². The standard InChI is InChI=1S/C43H47ClF2N10O5/c1-53-32-9-5-25(17-30(32)36-37(41(53)59)60-22-43(45,46)38(50-36)24-3-4-24)48-39-31(44)19-47-42(51-39)56-15-11-23(12-16-56)20-55-14-13-27(21-55)61-26-6-7-28-33(18-26)54(2)52-35(28)29-8-10-34(57)49-40(29)58/h5-7,9,17-19,23-24,27,29,38,50H,3-4,8,10-16,20-22H2,1-2H3,(H,47,48,51)(H,49,57,58)/t27?,29?,38-/m0/s1. The first-order valence-corrected chi connectivity index (χ1v) is 21.4. The molecule has 4 fully saturated rings. The number of fused-ring (bicyclic) bond motifs is 4. The Hall–Kier alpha value is -5.55. The van der Waals surface area contributed by atoms with E-state index in [0.717, 1.165) is 68.6 Å². The highest BCUT2D eigenvalue weighted by Crippen LogP contribution is 2.46. The smallest absolute Gasteiger partial charge is 0.301 e. The molecule has 1 saturated carbocycles. The summed E-state index contributed by atoms with van der Waals surface area (Å²) < 4.78 is 45.5. The molecule has 4 aliphatic heterocycles. The molecule has 3 N–H and O–H groups in total. The zero-order valence-electron chi connectivity index (χ0n) is 33.9. The predicted octanol–water partition coefficient (Wildman–Crippen LogP) is 5.72. The summed E-state index contributed by atoms with van der Waals surface area (Å²) in [5.41, 5.74) is 2.56. The van der Waals surface area contributed by atoms with E-state index < -0.39 is 30.0 Å². The Labute approximate surface area is 354 Å².